The van der Waals surface area contributed by atoms with Crippen molar-refractivity contribution < 1.29 is 24.5 Å². The first-order valence-corrected chi connectivity index (χ1v) is 33.3. The monoisotopic (exact) mass is 1250 g/mol. The maximum Gasteiger partial charge on any atom is 0.0774 e. The van der Waals surface area contributed by atoms with Crippen LogP contribution in [0.1, 0.15) is 101 Å². The Morgan fingerprint density at radius 2 is 0.974 bits per heavy atom. The minimum Gasteiger partial charge on any atom is -0.333 e. The summed E-state index contributed by atoms with van der Waals surface area (Å²) in [6.07, 6.45) is 0. The third kappa shape index (κ3) is 9.97. The molecule has 0 amide bonds. The fourth-order valence-corrected chi connectivity index (χ4v) is 16.1. The Hall–Kier alpha value is -7.09. The first-order valence-electron chi connectivity index (χ1n) is 27.0. The van der Waals surface area contributed by atoms with Crippen LogP contribution in [0.25, 0.3) is 89.3 Å². The van der Waals surface area contributed by atoms with Crippen LogP contribution in [-0.2, 0) is 20.1 Å². The van der Waals surface area contributed by atoms with Gasteiger partial charge in [-0.15, -0.1) is 35.9 Å². The fraction of sp³-hybridized carbons (Fsp3) is 0.200. The van der Waals surface area contributed by atoms with Crippen molar-refractivity contribution in [1.82, 2.24) is 19.1 Å². The SMILES string of the molecule is CC(C)c1c[c]([Ge]([CH3])([CH3])[c]2ccccc2)cc(C(C)C)c1-n1c(-c2[c-]ccc3c2oc2cc(-c4ccccc4)ccc23)nc2ccccc21.CC(C)c1cccc(C(C)C)c1-n1c(-c2[c-]cccc2)nc2ccccc21.[Ir]. The quantitative estimate of drug-likeness (QED) is 0.0958. The molecule has 0 fully saturated rings. The molecule has 0 spiro atoms. The first kappa shape index (κ1) is 53.3. The van der Waals surface area contributed by atoms with Gasteiger partial charge in [0, 0.05) is 25.8 Å². The van der Waals surface area contributed by atoms with Crippen LogP contribution in [0.15, 0.2) is 199 Å². The van der Waals surface area contributed by atoms with Crippen molar-refractivity contribution in [3.05, 3.63) is 229 Å². The summed E-state index contributed by atoms with van der Waals surface area (Å²) < 4.78 is 14.5. The van der Waals surface area contributed by atoms with E-state index in [1.54, 1.807) is 0 Å². The van der Waals surface area contributed by atoms with Crippen molar-refractivity contribution in [2.45, 2.75) is 90.6 Å². The minimum atomic E-state index is -2.61. The van der Waals surface area contributed by atoms with Crippen LogP contribution in [0.4, 0.5) is 0 Å². The van der Waals surface area contributed by atoms with Gasteiger partial charge in [0.15, 0.2) is 0 Å². The summed E-state index contributed by atoms with van der Waals surface area (Å²) in [7, 11) is 0. The van der Waals surface area contributed by atoms with Gasteiger partial charge in [-0.2, -0.15) is 0 Å². The molecule has 0 unspecified atom stereocenters. The zero-order chi connectivity index (χ0) is 52.8. The van der Waals surface area contributed by atoms with Crippen LogP contribution in [0, 0.1) is 12.1 Å². The molecule has 12 rings (SSSR count). The summed E-state index contributed by atoms with van der Waals surface area (Å²) in [4.78, 5) is 10.3. The third-order valence-electron chi connectivity index (χ3n) is 15.3. The number of hydrogen-bond acceptors (Lipinski definition) is 3. The molecular weight excluding hydrogens is 1180 g/mol. The molecule has 5 nitrogen and oxygen atoms in total. The summed E-state index contributed by atoms with van der Waals surface area (Å²) in [5.74, 6) is 8.31. The number of para-hydroxylation sites is 5. The van der Waals surface area contributed by atoms with Gasteiger partial charge in [0.05, 0.1) is 16.9 Å². The topological polar surface area (TPSA) is 48.8 Å². The van der Waals surface area contributed by atoms with Crippen LogP contribution in [-0.4, -0.2) is 32.4 Å². The Bertz CT molecular complexity index is 3980. The van der Waals surface area contributed by atoms with Gasteiger partial charge in [0.2, 0.25) is 0 Å². The predicted molar refractivity (Wildman–Crippen MR) is 323 cm³/mol. The molecule has 1 radical (unpaired) electrons. The van der Waals surface area contributed by atoms with Gasteiger partial charge in [-0.05, 0) is 40.7 Å². The molecule has 3 heterocycles. The van der Waals surface area contributed by atoms with Gasteiger partial charge in [-0.1, -0.05) is 88.4 Å². The van der Waals surface area contributed by atoms with Crippen molar-refractivity contribution in [2.24, 2.45) is 0 Å². The van der Waals surface area contributed by atoms with Crippen molar-refractivity contribution in [1.29, 1.82) is 0 Å². The maximum absolute atomic E-state index is 6.78. The summed E-state index contributed by atoms with van der Waals surface area (Å²) >= 11 is -2.61. The molecule has 0 bridgehead atoms. The summed E-state index contributed by atoms with van der Waals surface area (Å²) in [6, 6.07) is 76.0. The van der Waals surface area contributed by atoms with E-state index in [9.17, 15) is 0 Å². The van der Waals surface area contributed by atoms with Gasteiger partial charge < -0.3 is 4.57 Å². The summed E-state index contributed by atoms with van der Waals surface area (Å²) in [6.45, 7) is 18.3. The van der Waals surface area contributed by atoms with Crippen molar-refractivity contribution in [3.8, 4) is 45.3 Å². The Balaban J connectivity index is 0.000000203. The summed E-state index contributed by atoms with van der Waals surface area (Å²) in [5, 5.41) is 2.17. The molecule has 0 atom stereocenters. The number of benzene rings is 9. The summed E-state index contributed by atoms with van der Waals surface area (Å²) in [5.41, 5.74) is 18.0. The van der Waals surface area contributed by atoms with E-state index in [2.05, 4.69) is 252 Å². The Morgan fingerprint density at radius 1 is 0.442 bits per heavy atom. The van der Waals surface area contributed by atoms with Crippen LogP contribution < -0.4 is 8.79 Å². The molecule has 7 heteroatoms. The van der Waals surface area contributed by atoms with E-state index in [0.29, 0.717) is 23.7 Å². The van der Waals surface area contributed by atoms with Gasteiger partial charge >= 0.3 is 257 Å². The molecule has 9 aromatic carbocycles. The fourth-order valence-electron chi connectivity index (χ4n) is 11.1. The molecule has 0 saturated heterocycles. The molecule has 0 aliphatic rings. The van der Waals surface area contributed by atoms with E-state index < -0.39 is 13.3 Å². The number of nitrogens with zero attached hydrogens (tertiary/aromatic N) is 4. The first-order chi connectivity index (χ1) is 36.8. The number of furan rings is 1. The van der Waals surface area contributed by atoms with E-state index in [1.807, 2.05) is 30.3 Å². The van der Waals surface area contributed by atoms with Gasteiger partial charge in [0.25, 0.3) is 0 Å². The smallest absolute Gasteiger partial charge is 0.0774 e. The third-order valence-corrected chi connectivity index (χ3v) is 22.6. The maximum atomic E-state index is 6.78. The number of aromatic nitrogens is 4. The van der Waals surface area contributed by atoms with Crippen LogP contribution in [0.2, 0.25) is 11.5 Å². The van der Waals surface area contributed by atoms with E-state index in [-0.39, 0.29) is 20.1 Å². The number of rotatable bonds is 11. The molecule has 0 aliphatic carbocycles. The molecular formula is C70H66GeIrN4O-2. The predicted octanol–water partition coefficient (Wildman–Crippen LogP) is 17.9. The van der Waals surface area contributed by atoms with E-state index in [0.717, 1.165) is 72.3 Å². The average Bonchev–Trinajstić information content (AvgIpc) is 4.25. The van der Waals surface area contributed by atoms with Crippen molar-refractivity contribution >= 4 is 66.1 Å². The second kappa shape index (κ2) is 22.1. The van der Waals surface area contributed by atoms with Gasteiger partial charge in [0.1, 0.15) is 0 Å². The molecule has 12 aromatic rings. The van der Waals surface area contributed by atoms with Gasteiger partial charge in [-0.25, -0.2) is 0 Å². The molecule has 77 heavy (non-hydrogen) atoms. The van der Waals surface area contributed by atoms with E-state index in [1.165, 1.54) is 48.0 Å². The second-order valence-corrected chi connectivity index (χ2v) is 31.2. The molecule has 0 N–H and O–H groups in total. The number of imidazole rings is 2. The normalized spacial score (nSPS) is 11.9. The van der Waals surface area contributed by atoms with Crippen LogP contribution in [0.3, 0.4) is 0 Å². The zero-order valence-corrected chi connectivity index (χ0v) is 50.3. The largest absolute Gasteiger partial charge is 0.333 e. The second-order valence-electron chi connectivity index (χ2n) is 22.0. The van der Waals surface area contributed by atoms with Crippen molar-refractivity contribution in [3.63, 3.8) is 0 Å². The molecule has 0 aliphatic heterocycles. The van der Waals surface area contributed by atoms with Gasteiger partial charge in [-0.3, -0.25) is 4.98 Å². The average molecular weight is 1240 g/mol. The minimum absolute atomic E-state index is 0. The molecule has 387 valence electrons. The van der Waals surface area contributed by atoms with E-state index in [4.69, 9.17) is 14.4 Å². The number of fused-ring (bicyclic) bond motifs is 5. The Morgan fingerprint density at radius 3 is 1.56 bits per heavy atom. The van der Waals surface area contributed by atoms with Crippen LogP contribution >= 0.6 is 0 Å². The van der Waals surface area contributed by atoms with Crippen molar-refractivity contribution in [2.75, 3.05) is 0 Å². The van der Waals surface area contributed by atoms with E-state index >= 15 is 0 Å². The molecule has 3 aromatic heterocycles. The Labute approximate surface area is 470 Å². The zero-order valence-electron chi connectivity index (χ0n) is 45.8. The standard InChI is InChI=1S/C45H41GeN2O.C25H25N2.Ir/c1-29(2)38-27-34(46(5,6)33-18-11-8-12-19-33)28-39(30(3)4)43(38)48-41-23-14-13-22-40(41)47-45(48)37-21-15-20-36-35-25-24-32(26-42(35)49-44(36)37)31-16-9-7-10-17-31;1-17(2)20-13-10-14-21(18(3)4)24(20)27-23-16-9-8-15-22(23)26-25(27)19-11-6-5-7-12-19;/h7-20,22-30H,1-6H3;5-11,13-18H,1-4H3;/q2*-1;. The Kier molecular flexibility index (Phi) is 15.3. The number of hydrogen-bond donors (Lipinski definition) is 0. The molecule has 0 saturated carbocycles. The van der Waals surface area contributed by atoms with Crippen LogP contribution in [0.5, 0.6) is 0 Å².